The van der Waals surface area contributed by atoms with E-state index in [1.165, 1.54) is 7.11 Å². The van der Waals surface area contributed by atoms with E-state index in [0.717, 1.165) is 5.82 Å². The summed E-state index contributed by atoms with van der Waals surface area (Å²) in [5.74, 6) is 1.59. The fraction of sp³-hybridized carbons (Fsp3) is 0.333. The van der Waals surface area contributed by atoms with Gasteiger partial charge in [-0.2, -0.15) is 5.10 Å². The summed E-state index contributed by atoms with van der Waals surface area (Å²) in [6.07, 6.45) is 1.84. The minimum Gasteiger partial charge on any atom is -0.465 e. The first-order chi connectivity index (χ1) is 8.60. The highest BCUT2D eigenvalue weighted by Gasteiger charge is 2.15. The molecule has 2 heterocycles. The Labute approximate surface area is 105 Å². The van der Waals surface area contributed by atoms with Gasteiger partial charge in [-0.1, -0.05) is 0 Å². The number of nitrogens with one attached hydrogen (secondary N) is 1. The van der Waals surface area contributed by atoms with Crippen molar-refractivity contribution in [1.29, 1.82) is 0 Å². The molecular formula is C12H15N3O3. The molecule has 0 aromatic carbocycles. The zero-order valence-electron chi connectivity index (χ0n) is 10.6. The minimum absolute atomic E-state index is 0.389. The molecule has 1 N–H and O–H groups in total. The largest absolute Gasteiger partial charge is 0.465 e. The summed E-state index contributed by atoms with van der Waals surface area (Å²) in [5, 5.41) is 7.28. The van der Waals surface area contributed by atoms with Crippen molar-refractivity contribution in [2.75, 3.05) is 12.4 Å². The highest BCUT2D eigenvalue weighted by Crippen LogP contribution is 2.16. The molecule has 6 heteroatoms. The number of esters is 1. The summed E-state index contributed by atoms with van der Waals surface area (Å²) in [6, 6.07) is 3.54. The summed E-state index contributed by atoms with van der Waals surface area (Å²) in [6.45, 7) is 2.20. The number of carbonyl (C=O) groups excluding carboxylic acids is 1. The lowest BCUT2D eigenvalue weighted by molar-refractivity contribution is 0.0599. The van der Waals surface area contributed by atoms with Gasteiger partial charge in [0.25, 0.3) is 0 Å². The van der Waals surface area contributed by atoms with E-state index in [9.17, 15) is 4.79 Å². The van der Waals surface area contributed by atoms with Crippen molar-refractivity contribution in [1.82, 2.24) is 9.78 Å². The second kappa shape index (κ2) is 4.95. The molecule has 18 heavy (non-hydrogen) atoms. The van der Waals surface area contributed by atoms with E-state index < -0.39 is 0 Å². The third-order valence-electron chi connectivity index (χ3n) is 2.53. The van der Waals surface area contributed by atoms with Crippen LogP contribution in [0.5, 0.6) is 0 Å². The van der Waals surface area contributed by atoms with Crippen LogP contribution >= 0.6 is 0 Å². The molecule has 2 rings (SSSR count). The van der Waals surface area contributed by atoms with Crippen molar-refractivity contribution in [3.63, 3.8) is 0 Å². The van der Waals surface area contributed by atoms with Crippen LogP contribution in [0.2, 0.25) is 0 Å². The number of nitrogens with zero attached hydrogens (tertiary/aromatic N) is 2. The predicted octanol–water partition coefficient (Wildman–Crippen LogP) is 1.72. The Kier molecular flexibility index (Phi) is 3.36. The third-order valence-corrected chi connectivity index (χ3v) is 2.53. The van der Waals surface area contributed by atoms with Crippen LogP contribution in [0, 0.1) is 6.92 Å². The molecule has 0 fully saturated rings. The van der Waals surface area contributed by atoms with Gasteiger partial charge in [0.05, 0.1) is 13.7 Å². The molecule has 0 atom stereocenters. The topological polar surface area (TPSA) is 69.3 Å². The summed E-state index contributed by atoms with van der Waals surface area (Å²) in [4.78, 5) is 11.4. The second-order valence-electron chi connectivity index (χ2n) is 3.90. The number of carbonyl (C=O) groups is 1. The molecule has 0 bridgehead atoms. The van der Waals surface area contributed by atoms with Crippen molar-refractivity contribution in [2.24, 2.45) is 7.05 Å². The number of hydrogen-bond donors (Lipinski definition) is 1. The van der Waals surface area contributed by atoms with Crippen LogP contribution in [0.1, 0.15) is 21.9 Å². The molecule has 0 unspecified atom stereocenters. The van der Waals surface area contributed by atoms with E-state index in [2.05, 4.69) is 15.2 Å². The first-order valence-corrected chi connectivity index (χ1v) is 5.51. The zero-order chi connectivity index (χ0) is 13.1. The molecule has 0 aliphatic carbocycles. The van der Waals surface area contributed by atoms with Gasteiger partial charge >= 0.3 is 5.97 Å². The zero-order valence-corrected chi connectivity index (χ0v) is 10.6. The van der Waals surface area contributed by atoms with Crippen LogP contribution in [-0.2, 0) is 18.3 Å². The Balaban J connectivity index is 2.04. The van der Waals surface area contributed by atoms with E-state index >= 15 is 0 Å². The minimum atomic E-state index is -0.389. The molecule has 2 aromatic heterocycles. The van der Waals surface area contributed by atoms with Gasteiger partial charge in [0, 0.05) is 19.3 Å². The number of furan rings is 1. The lowest BCUT2D eigenvalue weighted by Gasteiger charge is -1.98. The van der Waals surface area contributed by atoms with Crippen LogP contribution in [0.15, 0.2) is 22.7 Å². The third kappa shape index (κ3) is 2.53. The quantitative estimate of drug-likeness (QED) is 0.835. The highest BCUT2D eigenvalue weighted by atomic mass is 16.5. The maximum absolute atomic E-state index is 11.4. The molecule has 0 saturated heterocycles. The number of rotatable bonds is 4. The van der Waals surface area contributed by atoms with Crippen molar-refractivity contribution >= 4 is 11.8 Å². The van der Waals surface area contributed by atoms with Gasteiger partial charge in [0.1, 0.15) is 22.9 Å². The number of methoxy groups -OCH3 is 1. The van der Waals surface area contributed by atoms with Crippen molar-refractivity contribution in [3.05, 3.63) is 35.4 Å². The smallest absolute Gasteiger partial charge is 0.341 e. The summed E-state index contributed by atoms with van der Waals surface area (Å²) in [7, 11) is 3.19. The number of ether oxygens (including phenoxy) is 1. The molecule has 0 aliphatic rings. The van der Waals surface area contributed by atoms with Crippen molar-refractivity contribution in [2.45, 2.75) is 13.5 Å². The van der Waals surface area contributed by atoms with Crippen LogP contribution < -0.4 is 5.32 Å². The average molecular weight is 249 g/mol. The number of hydrogen-bond acceptors (Lipinski definition) is 5. The van der Waals surface area contributed by atoms with E-state index in [-0.39, 0.29) is 5.97 Å². The fourth-order valence-electron chi connectivity index (χ4n) is 1.63. The van der Waals surface area contributed by atoms with Crippen LogP contribution in [0.25, 0.3) is 0 Å². The SMILES string of the molecule is COC(=O)c1cc(CNc2ccn(C)n2)oc1C. The maximum Gasteiger partial charge on any atom is 0.341 e. The Morgan fingerprint density at radius 1 is 1.61 bits per heavy atom. The molecule has 0 amide bonds. The fourth-order valence-corrected chi connectivity index (χ4v) is 1.63. The van der Waals surface area contributed by atoms with Crippen LogP contribution in [0.4, 0.5) is 5.82 Å². The molecule has 0 aliphatic heterocycles. The van der Waals surface area contributed by atoms with E-state index in [1.807, 2.05) is 19.3 Å². The van der Waals surface area contributed by atoms with Crippen LogP contribution in [-0.4, -0.2) is 22.9 Å². The number of aromatic nitrogens is 2. The lowest BCUT2D eigenvalue weighted by Crippen LogP contribution is -2.01. The second-order valence-corrected chi connectivity index (χ2v) is 3.90. The highest BCUT2D eigenvalue weighted by molar-refractivity contribution is 5.90. The van der Waals surface area contributed by atoms with E-state index in [4.69, 9.17) is 4.42 Å². The van der Waals surface area contributed by atoms with Gasteiger partial charge in [0.15, 0.2) is 0 Å². The number of anilines is 1. The Morgan fingerprint density at radius 2 is 2.39 bits per heavy atom. The van der Waals surface area contributed by atoms with E-state index in [1.54, 1.807) is 17.7 Å². The van der Waals surface area contributed by atoms with Gasteiger partial charge in [0.2, 0.25) is 0 Å². The first-order valence-electron chi connectivity index (χ1n) is 5.51. The predicted molar refractivity (Wildman–Crippen MR) is 65.3 cm³/mol. The monoisotopic (exact) mass is 249 g/mol. The van der Waals surface area contributed by atoms with Gasteiger partial charge < -0.3 is 14.5 Å². The Hall–Kier alpha value is -2.24. The molecule has 6 nitrogen and oxygen atoms in total. The normalized spacial score (nSPS) is 10.4. The Morgan fingerprint density at radius 3 is 3.00 bits per heavy atom. The molecular weight excluding hydrogens is 234 g/mol. The van der Waals surface area contributed by atoms with Gasteiger partial charge in [-0.05, 0) is 13.0 Å². The molecule has 0 spiro atoms. The lowest BCUT2D eigenvalue weighted by atomic mass is 10.2. The average Bonchev–Trinajstić information content (AvgIpc) is 2.92. The summed E-state index contributed by atoms with van der Waals surface area (Å²) in [5.41, 5.74) is 0.454. The van der Waals surface area contributed by atoms with Crippen LogP contribution in [0.3, 0.4) is 0 Å². The molecule has 96 valence electrons. The summed E-state index contributed by atoms with van der Waals surface area (Å²) < 4.78 is 11.8. The summed E-state index contributed by atoms with van der Waals surface area (Å²) >= 11 is 0. The number of aryl methyl sites for hydroxylation is 2. The van der Waals surface area contributed by atoms with Crippen molar-refractivity contribution < 1.29 is 13.9 Å². The first kappa shape index (κ1) is 12.2. The van der Waals surface area contributed by atoms with Crippen molar-refractivity contribution in [3.8, 4) is 0 Å². The van der Waals surface area contributed by atoms with E-state index in [0.29, 0.717) is 23.6 Å². The van der Waals surface area contributed by atoms with Gasteiger partial charge in [-0.25, -0.2) is 4.79 Å². The van der Waals surface area contributed by atoms with Gasteiger partial charge in [-0.3, -0.25) is 4.68 Å². The molecule has 0 radical (unpaired) electrons. The molecule has 2 aromatic rings. The maximum atomic E-state index is 11.4. The van der Waals surface area contributed by atoms with Gasteiger partial charge in [-0.15, -0.1) is 0 Å². The molecule has 0 saturated carbocycles. The Bertz CT molecular complexity index is 557. The standard InChI is InChI=1S/C12H15N3O3/c1-8-10(12(16)17-3)6-9(18-8)7-13-11-4-5-15(2)14-11/h4-6H,7H2,1-3H3,(H,13,14).